The second-order valence-corrected chi connectivity index (χ2v) is 16.1. The van der Waals surface area contributed by atoms with Crippen molar-refractivity contribution in [2.24, 2.45) is 0 Å². The highest BCUT2D eigenvalue weighted by Gasteiger charge is 2.19. The SMILES string of the molecule is CC\C=C/C=C\C=C/C=C\CCCCCC(=O)OC(COC(=O)CCCCCCC/C=C\CCCC)COC(=O)CCCCCCCCC/C=C\CCCCCCCC. The fraction of sp³-hybridized carbons (Fsp3) is 0.717. The third kappa shape index (κ3) is 45.8. The number of rotatable bonds is 43. The van der Waals surface area contributed by atoms with Crippen LogP contribution in [0.3, 0.4) is 0 Å². The summed E-state index contributed by atoms with van der Waals surface area (Å²) in [6.45, 7) is 6.40. The maximum absolute atomic E-state index is 12.7. The van der Waals surface area contributed by atoms with E-state index in [0.717, 1.165) is 77.0 Å². The van der Waals surface area contributed by atoms with Gasteiger partial charge in [0.15, 0.2) is 6.10 Å². The van der Waals surface area contributed by atoms with Crippen LogP contribution >= 0.6 is 0 Å². The molecule has 0 aromatic heterocycles. The van der Waals surface area contributed by atoms with Crippen molar-refractivity contribution in [1.29, 1.82) is 0 Å². The molecule has 6 nitrogen and oxygen atoms in total. The topological polar surface area (TPSA) is 78.9 Å². The molecule has 1 atom stereocenters. The van der Waals surface area contributed by atoms with E-state index in [4.69, 9.17) is 14.2 Å². The van der Waals surface area contributed by atoms with Crippen molar-refractivity contribution in [2.75, 3.05) is 13.2 Å². The molecule has 338 valence electrons. The molecule has 0 aliphatic heterocycles. The lowest BCUT2D eigenvalue weighted by Gasteiger charge is -2.18. The zero-order chi connectivity index (χ0) is 43.0. The van der Waals surface area contributed by atoms with Crippen molar-refractivity contribution in [3.8, 4) is 0 Å². The van der Waals surface area contributed by atoms with Crippen LogP contribution in [0.15, 0.2) is 72.9 Å². The van der Waals surface area contributed by atoms with E-state index in [-0.39, 0.29) is 37.5 Å². The van der Waals surface area contributed by atoms with E-state index in [2.05, 4.69) is 57.2 Å². The largest absolute Gasteiger partial charge is 0.462 e. The van der Waals surface area contributed by atoms with Crippen molar-refractivity contribution < 1.29 is 28.6 Å². The van der Waals surface area contributed by atoms with Crippen LogP contribution in [0.1, 0.15) is 226 Å². The minimum atomic E-state index is -0.799. The number of hydrogen-bond acceptors (Lipinski definition) is 6. The monoisotopic (exact) mass is 823 g/mol. The number of carbonyl (C=O) groups is 3. The van der Waals surface area contributed by atoms with Crippen LogP contribution in [0.4, 0.5) is 0 Å². The smallest absolute Gasteiger partial charge is 0.306 e. The molecule has 0 aliphatic rings. The highest BCUT2D eigenvalue weighted by molar-refractivity contribution is 5.71. The summed E-state index contributed by atoms with van der Waals surface area (Å²) in [6, 6.07) is 0. The van der Waals surface area contributed by atoms with Crippen molar-refractivity contribution >= 4 is 17.9 Å². The number of carbonyl (C=O) groups excluding carboxylic acids is 3. The summed E-state index contributed by atoms with van der Waals surface area (Å²) in [5, 5.41) is 0. The standard InChI is InChI=1S/C53H90O6/c1-4-7-10-13-16-19-22-24-25-26-27-29-31-34-37-40-43-46-52(55)58-49-50(48-57-51(54)45-42-39-36-33-30-21-18-15-12-9-6-3)59-53(56)47-44-41-38-35-32-28-23-20-17-14-11-8-5-2/h8,11,14-15,17-18,20,23-25,28,32,50H,4-7,9-10,12-13,16,19,21-22,26-27,29-31,33-49H2,1-3H3/b11-8-,17-14-,18-15-,23-20-,25-24-,32-28-. The summed E-state index contributed by atoms with van der Waals surface area (Å²) in [5.74, 6) is -0.953. The molecule has 0 radical (unpaired) electrons. The predicted molar refractivity (Wildman–Crippen MR) is 251 cm³/mol. The maximum atomic E-state index is 12.7. The van der Waals surface area contributed by atoms with Gasteiger partial charge in [-0.2, -0.15) is 0 Å². The third-order valence-electron chi connectivity index (χ3n) is 10.3. The molecule has 0 saturated heterocycles. The van der Waals surface area contributed by atoms with Gasteiger partial charge in [-0.05, 0) is 83.5 Å². The van der Waals surface area contributed by atoms with Gasteiger partial charge in [-0.1, -0.05) is 196 Å². The molecule has 0 rings (SSSR count). The summed E-state index contributed by atoms with van der Waals surface area (Å²) in [7, 11) is 0. The molecule has 0 N–H and O–H groups in total. The van der Waals surface area contributed by atoms with Gasteiger partial charge in [0.05, 0.1) is 0 Å². The Kier molecular flexibility index (Phi) is 45.0. The lowest BCUT2D eigenvalue weighted by atomic mass is 10.1. The number of esters is 3. The van der Waals surface area contributed by atoms with Gasteiger partial charge in [-0.15, -0.1) is 0 Å². The van der Waals surface area contributed by atoms with Crippen molar-refractivity contribution in [2.45, 2.75) is 232 Å². The number of hydrogen-bond donors (Lipinski definition) is 0. The molecule has 6 heteroatoms. The first-order valence-electron chi connectivity index (χ1n) is 24.5. The average molecular weight is 823 g/mol. The van der Waals surface area contributed by atoms with Crippen molar-refractivity contribution in [3.05, 3.63) is 72.9 Å². The Morgan fingerprint density at radius 2 is 0.695 bits per heavy atom. The normalized spacial score (nSPS) is 12.7. The summed E-state index contributed by atoms with van der Waals surface area (Å²) in [5.41, 5.74) is 0. The summed E-state index contributed by atoms with van der Waals surface area (Å²) in [4.78, 5) is 37.8. The minimum Gasteiger partial charge on any atom is -0.462 e. The molecule has 0 bridgehead atoms. The molecule has 0 saturated carbocycles. The van der Waals surface area contributed by atoms with Crippen LogP contribution in [0.2, 0.25) is 0 Å². The van der Waals surface area contributed by atoms with E-state index >= 15 is 0 Å². The Labute approximate surface area is 363 Å². The Balaban J connectivity index is 4.42. The van der Waals surface area contributed by atoms with Crippen LogP contribution in [0.5, 0.6) is 0 Å². The molecule has 0 aliphatic carbocycles. The summed E-state index contributed by atoms with van der Waals surface area (Å²) >= 11 is 0. The first-order chi connectivity index (χ1) is 29.0. The van der Waals surface area contributed by atoms with E-state index < -0.39 is 6.10 Å². The van der Waals surface area contributed by atoms with Crippen LogP contribution in [0.25, 0.3) is 0 Å². The molecule has 0 aromatic carbocycles. The Hall–Kier alpha value is -3.15. The van der Waals surface area contributed by atoms with Gasteiger partial charge in [0.1, 0.15) is 13.2 Å². The first-order valence-corrected chi connectivity index (χ1v) is 24.5. The molecular weight excluding hydrogens is 733 g/mol. The van der Waals surface area contributed by atoms with Crippen LogP contribution in [-0.2, 0) is 28.6 Å². The van der Waals surface area contributed by atoms with Crippen LogP contribution in [0, 0.1) is 0 Å². The second kappa shape index (κ2) is 47.5. The molecule has 0 spiro atoms. The molecular formula is C53H90O6. The van der Waals surface area contributed by atoms with Gasteiger partial charge >= 0.3 is 17.9 Å². The molecule has 0 fully saturated rings. The highest BCUT2D eigenvalue weighted by Crippen LogP contribution is 2.14. The van der Waals surface area contributed by atoms with Gasteiger partial charge in [-0.3, -0.25) is 14.4 Å². The van der Waals surface area contributed by atoms with E-state index in [1.165, 1.54) is 103 Å². The lowest BCUT2D eigenvalue weighted by Crippen LogP contribution is -2.30. The van der Waals surface area contributed by atoms with Gasteiger partial charge in [-0.25, -0.2) is 0 Å². The summed E-state index contributed by atoms with van der Waals surface area (Å²) < 4.78 is 16.7. The highest BCUT2D eigenvalue weighted by atomic mass is 16.6. The Morgan fingerprint density at radius 1 is 0.356 bits per heavy atom. The second-order valence-electron chi connectivity index (χ2n) is 16.1. The average Bonchev–Trinajstić information content (AvgIpc) is 3.23. The maximum Gasteiger partial charge on any atom is 0.306 e. The van der Waals surface area contributed by atoms with Gasteiger partial charge in [0.2, 0.25) is 0 Å². The van der Waals surface area contributed by atoms with E-state index in [0.29, 0.717) is 19.3 Å². The van der Waals surface area contributed by atoms with E-state index in [1.54, 1.807) is 0 Å². The predicted octanol–water partition coefficient (Wildman–Crippen LogP) is 15.9. The fourth-order valence-electron chi connectivity index (χ4n) is 6.54. The molecule has 59 heavy (non-hydrogen) atoms. The van der Waals surface area contributed by atoms with Gasteiger partial charge in [0, 0.05) is 19.3 Å². The number of allylic oxidation sites excluding steroid dienone is 12. The van der Waals surface area contributed by atoms with E-state index in [1.807, 2.05) is 36.5 Å². The zero-order valence-electron chi connectivity index (χ0n) is 38.5. The molecule has 0 amide bonds. The molecule has 0 aromatic rings. The van der Waals surface area contributed by atoms with Crippen LogP contribution in [-0.4, -0.2) is 37.2 Å². The Morgan fingerprint density at radius 3 is 1.15 bits per heavy atom. The number of ether oxygens (including phenoxy) is 3. The molecule has 1 unspecified atom stereocenters. The fourth-order valence-corrected chi connectivity index (χ4v) is 6.54. The quantitative estimate of drug-likeness (QED) is 0.0200. The number of unbranched alkanes of at least 4 members (excludes halogenated alkanes) is 23. The first kappa shape index (κ1) is 55.9. The van der Waals surface area contributed by atoms with E-state index in [9.17, 15) is 14.4 Å². The minimum absolute atomic E-state index is 0.0967. The molecule has 0 heterocycles. The Bertz CT molecular complexity index is 1130. The van der Waals surface area contributed by atoms with Gasteiger partial charge in [0.25, 0.3) is 0 Å². The van der Waals surface area contributed by atoms with Crippen molar-refractivity contribution in [1.82, 2.24) is 0 Å². The summed E-state index contributed by atoms with van der Waals surface area (Å²) in [6.07, 6.45) is 58.9. The lowest BCUT2D eigenvalue weighted by molar-refractivity contribution is -0.167. The van der Waals surface area contributed by atoms with Gasteiger partial charge < -0.3 is 14.2 Å². The van der Waals surface area contributed by atoms with Crippen molar-refractivity contribution in [3.63, 3.8) is 0 Å². The van der Waals surface area contributed by atoms with Crippen LogP contribution < -0.4 is 0 Å². The third-order valence-corrected chi connectivity index (χ3v) is 10.3. The zero-order valence-corrected chi connectivity index (χ0v) is 38.5.